The van der Waals surface area contributed by atoms with Gasteiger partial charge in [0.15, 0.2) is 5.60 Å². The number of carbonyl (C=O) groups excluding carboxylic acids is 4. The fourth-order valence-corrected chi connectivity index (χ4v) is 4.77. The summed E-state index contributed by atoms with van der Waals surface area (Å²) in [4.78, 5) is 54.3. The Labute approximate surface area is 289 Å². The van der Waals surface area contributed by atoms with E-state index in [1.807, 2.05) is 48.5 Å². The van der Waals surface area contributed by atoms with Crippen LogP contribution in [-0.2, 0) is 43.8 Å². The summed E-state index contributed by atoms with van der Waals surface area (Å²) in [6.45, 7) is 3.57. The third kappa shape index (κ3) is 11.2. The average Bonchev–Trinajstić information content (AvgIpc) is 3.79. The van der Waals surface area contributed by atoms with E-state index in [2.05, 4.69) is 25.9 Å². The lowest BCUT2D eigenvalue weighted by Gasteiger charge is -2.19. The molecule has 1 saturated heterocycles. The van der Waals surface area contributed by atoms with Crippen LogP contribution in [0, 0.1) is 0 Å². The second-order valence-electron chi connectivity index (χ2n) is 10.9. The van der Waals surface area contributed by atoms with E-state index in [9.17, 15) is 24.3 Å². The van der Waals surface area contributed by atoms with E-state index in [1.165, 1.54) is 35.8 Å². The van der Waals surface area contributed by atoms with Crippen LogP contribution in [0.25, 0.3) is 0 Å². The number of ether oxygens (including phenoxy) is 2. The van der Waals surface area contributed by atoms with E-state index < -0.39 is 23.2 Å². The molecule has 2 aromatic carbocycles. The maximum absolute atomic E-state index is 12.0. The molecule has 3 heterocycles. The molecule has 0 aliphatic carbocycles. The van der Waals surface area contributed by atoms with Crippen LogP contribution in [-0.4, -0.2) is 78.4 Å². The van der Waals surface area contributed by atoms with Gasteiger partial charge in [-0.3, -0.25) is 18.7 Å². The Kier molecular flexibility index (Phi) is 16.0. The van der Waals surface area contributed by atoms with Crippen LogP contribution >= 0.6 is 15.9 Å². The average molecular weight is 730 g/mol. The number of imide groups is 1. The van der Waals surface area contributed by atoms with Gasteiger partial charge in [0.1, 0.15) is 18.3 Å². The van der Waals surface area contributed by atoms with Crippen molar-refractivity contribution >= 4 is 39.9 Å². The van der Waals surface area contributed by atoms with Crippen molar-refractivity contribution in [1.82, 2.24) is 24.0 Å². The number of nitrogens with two attached hydrogens (primary N) is 1. The summed E-state index contributed by atoms with van der Waals surface area (Å²) in [5, 5.41) is 10.5. The molecule has 3 N–H and O–H groups in total. The van der Waals surface area contributed by atoms with Gasteiger partial charge in [0.2, 0.25) is 5.91 Å². The number of carbonyl (C=O) groups is 4. The number of nitrogens with zero attached hydrogens (tertiary/aromatic N) is 5. The predicted octanol–water partition coefficient (Wildman–Crippen LogP) is 4.97. The fourth-order valence-electron chi connectivity index (χ4n) is 4.42. The first-order valence-corrected chi connectivity index (χ1v) is 15.2. The van der Waals surface area contributed by atoms with Gasteiger partial charge in [-0.15, -0.1) is 0 Å². The van der Waals surface area contributed by atoms with Crippen molar-refractivity contribution in [2.75, 3.05) is 14.2 Å². The molecule has 0 radical (unpaired) electrons. The van der Waals surface area contributed by atoms with Gasteiger partial charge in [0.05, 0.1) is 6.61 Å². The van der Waals surface area contributed by atoms with Gasteiger partial charge in [0, 0.05) is 57.1 Å². The van der Waals surface area contributed by atoms with E-state index >= 15 is 0 Å². The van der Waals surface area contributed by atoms with Gasteiger partial charge in [-0.05, 0) is 36.1 Å². The molecular formula is C34H45BrN6O7. The minimum atomic E-state index is -1.51. The maximum atomic E-state index is 12.0. The number of imidazole rings is 2. The number of aliphatic hydroxyl groups is 1. The molecule has 2 aromatic heterocycles. The molecule has 3 amide bonds. The van der Waals surface area contributed by atoms with Crippen molar-refractivity contribution in [1.29, 1.82) is 0 Å². The fraction of sp³-hybridized carbons (Fsp3) is 0.353. The molecule has 2 atom stereocenters. The van der Waals surface area contributed by atoms with Crippen LogP contribution in [0.3, 0.4) is 0 Å². The second-order valence-corrected chi connectivity index (χ2v) is 11.4. The van der Waals surface area contributed by atoms with Crippen molar-refractivity contribution < 1.29 is 33.8 Å². The zero-order valence-corrected chi connectivity index (χ0v) is 27.6. The maximum Gasteiger partial charge on any atom is 0.417 e. The smallest absolute Gasteiger partial charge is 0.417 e. The van der Waals surface area contributed by atoms with Crippen molar-refractivity contribution in [3.8, 4) is 0 Å². The van der Waals surface area contributed by atoms with E-state index in [4.69, 9.17) is 15.2 Å². The number of halogens is 1. The van der Waals surface area contributed by atoms with Crippen LogP contribution in [0.4, 0.5) is 9.59 Å². The van der Waals surface area contributed by atoms with E-state index in [1.54, 1.807) is 38.8 Å². The van der Waals surface area contributed by atoms with Crippen molar-refractivity contribution in [2.24, 2.45) is 5.73 Å². The molecule has 1 aliphatic heterocycles. The summed E-state index contributed by atoms with van der Waals surface area (Å²) < 4.78 is 12.9. The van der Waals surface area contributed by atoms with E-state index in [0.29, 0.717) is 13.0 Å². The first-order valence-electron chi connectivity index (χ1n) is 14.0. The number of likely N-dealkylation sites (N-methyl/N-ethyl adjacent to an activating group) is 1. The third-order valence-corrected chi connectivity index (χ3v) is 7.51. The highest BCUT2D eigenvalue weighted by Gasteiger charge is 2.48. The van der Waals surface area contributed by atoms with E-state index in [-0.39, 0.29) is 33.2 Å². The summed E-state index contributed by atoms with van der Waals surface area (Å²) in [6, 6.07) is 15.2. The van der Waals surface area contributed by atoms with Gasteiger partial charge in [-0.2, -0.15) is 0 Å². The molecule has 4 aromatic rings. The van der Waals surface area contributed by atoms with Crippen LogP contribution in [0.2, 0.25) is 0 Å². The zero-order valence-electron chi connectivity index (χ0n) is 26.0. The van der Waals surface area contributed by atoms with Gasteiger partial charge in [-0.1, -0.05) is 79.3 Å². The lowest BCUT2D eigenvalue weighted by atomic mass is 9.95. The third-order valence-electron chi connectivity index (χ3n) is 6.86. The zero-order chi connectivity index (χ0) is 33.9. The summed E-state index contributed by atoms with van der Waals surface area (Å²) in [6.07, 6.45) is 9.18. The number of amides is 3. The van der Waals surface area contributed by atoms with Crippen LogP contribution in [0.15, 0.2) is 86.0 Å². The molecule has 5 rings (SSSR count). The monoisotopic (exact) mass is 728 g/mol. The number of aromatic nitrogens is 4. The van der Waals surface area contributed by atoms with Crippen molar-refractivity contribution in [2.45, 2.75) is 64.7 Å². The molecule has 1 fully saturated rings. The van der Waals surface area contributed by atoms with E-state index in [0.717, 1.165) is 32.5 Å². The summed E-state index contributed by atoms with van der Waals surface area (Å²) in [5.41, 5.74) is 6.47. The molecule has 0 bridgehead atoms. The highest BCUT2D eigenvalue weighted by molar-refractivity contribution is 9.08. The number of primary amides is 1. The Balaban J connectivity index is 0.000000359. The normalized spacial score (nSPS) is 16.1. The molecule has 14 heteroatoms. The quantitative estimate of drug-likeness (QED) is 0.238. The summed E-state index contributed by atoms with van der Waals surface area (Å²) in [7, 11) is 3.05. The van der Waals surface area contributed by atoms with Crippen LogP contribution in [0.5, 0.6) is 0 Å². The number of hydrogen-bond donors (Lipinski definition) is 2. The molecule has 0 unspecified atom stereocenters. The van der Waals surface area contributed by atoms with Gasteiger partial charge in [0.25, 0.3) is 5.91 Å². The molecule has 1 aliphatic rings. The SMILES string of the molecule is C.C.CN1C(=O)O[C@](C)(Cc2cccc(CBr)c2)C1=O.COCc1cccc(C[C@@](C)(O)C(N)=O)c1.O=C(n1ccnc1)n1ccnc1. The number of hydrogen-bond acceptors (Lipinski definition) is 9. The largest absolute Gasteiger partial charge is 0.432 e. The topological polar surface area (TPSA) is 172 Å². The molecular weight excluding hydrogens is 684 g/mol. The predicted molar refractivity (Wildman–Crippen MR) is 185 cm³/mol. The number of rotatable bonds is 8. The lowest BCUT2D eigenvalue weighted by molar-refractivity contribution is -0.135. The van der Waals surface area contributed by atoms with Gasteiger partial charge >= 0.3 is 12.1 Å². The molecule has 0 saturated carbocycles. The first kappa shape index (κ1) is 41.4. The molecule has 260 valence electrons. The number of alkyl halides is 1. The van der Waals surface area contributed by atoms with Crippen molar-refractivity contribution in [3.63, 3.8) is 0 Å². The van der Waals surface area contributed by atoms with Gasteiger partial charge in [-0.25, -0.2) is 24.5 Å². The molecule has 13 nitrogen and oxygen atoms in total. The van der Waals surface area contributed by atoms with Crippen LogP contribution in [0.1, 0.15) is 51.0 Å². The Morgan fingerprint density at radius 3 is 1.96 bits per heavy atom. The first-order chi connectivity index (χ1) is 21.8. The second kappa shape index (κ2) is 18.6. The highest BCUT2D eigenvalue weighted by Crippen LogP contribution is 2.27. The Hall–Kier alpha value is -4.66. The highest BCUT2D eigenvalue weighted by atomic mass is 79.9. The molecule has 48 heavy (non-hydrogen) atoms. The van der Waals surface area contributed by atoms with Gasteiger partial charge < -0.3 is 20.3 Å². The minimum Gasteiger partial charge on any atom is -0.432 e. The number of benzene rings is 2. The summed E-state index contributed by atoms with van der Waals surface area (Å²) >= 11 is 3.39. The Morgan fingerprint density at radius 2 is 1.50 bits per heavy atom. The molecule has 0 spiro atoms. The summed E-state index contributed by atoms with van der Waals surface area (Å²) in [5.74, 6) is -1.01. The Morgan fingerprint density at radius 1 is 0.979 bits per heavy atom. The standard InChI is InChI=1S/C13H14BrNO3.C12H17NO3.C7H6N4O.2CH4/c1-13(11(16)15(2)12(17)18-13)7-9-4-3-5-10(6-9)8-14;1-12(15,11(13)14)7-9-4-3-5-10(6-9)8-16-2;12-7(10-3-1-8-5-10)11-4-2-9-6-11;;/h3-6H,7-8H2,1-2H3;3-6,15H,7-8H2,1-2H3,(H2,13,14);1-6H;2*1H4/t13-;12-;;;/m11.../s1. The minimum absolute atomic E-state index is 0. The van der Waals surface area contributed by atoms with Crippen LogP contribution < -0.4 is 5.73 Å². The Bertz CT molecular complexity index is 1590. The number of cyclic esters (lactones) is 1. The lowest BCUT2D eigenvalue weighted by Crippen LogP contribution is -2.42. The van der Waals surface area contributed by atoms with Crippen molar-refractivity contribution in [3.05, 3.63) is 108 Å². The number of methoxy groups -OCH3 is 1.